The molecule has 5 heteroatoms. The highest BCUT2D eigenvalue weighted by atomic mass is 16.4. The number of rotatable bonds is 5. The zero-order valence-corrected chi connectivity index (χ0v) is 11.2. The van der Waals surface area contributed by atoms with Crippen LogP contribution < -0.4 is 11.1 Å². The molecule has 104 valence electrons. The number of aliphatic carboxylic acids is 1. The molecule has 0 saturated heterocycles. The molecule has 1 aliphatic carbocycles. The summed E-state index contributed by atoms with van der Waals surface area (Å²) in [6.45, 7) is 4.02. The summed E-state index contributed by atoms with van der Waals surface area (Å²) in [6, 6.07) is -0.249. The summed E-state index contributed by atoms with van der Waals surface area (Å²) in [5.74, 6) is -1.39. The first-order chi connectivity index (χ1) is 8.44. The maximum atomic E-state index is 12.2. The van der Waals surface area contributed by atoms with Crippen molar-refractivity contribution >= 4 is 11.9 Å². The van der Waals surface area contributed by atoms with Gasteiger partial charge in [-0.1, -0.05) is 19.8 Å². The van der Waals surface area contributed by atoms with Gasteiger partial charge in [0.2, 0.25) is 5.91 Å². The van der Waals surface area contributed by atoms with Crippen molar-refractivity contribution in [2.75, 3.05) is 6.54 Å². The van der Waals surface area contributed by atoms with E-state index in [1.165, 1.54) is 0 Å². The molecule has 5 nitrogen and oxygen atoms in total. The van der Waals surface area contributed by atoms with Crippen LogP contribution in [0.2, 0.25) is 0 Å². The number of hydrogen-bond acceptors (Lipinski definition) is 3. The molecule has 0 spiro atoms. The Morgan fingerprint density at radius 3 is 2.50 bits per heavy atom. The van der Waals surface area contributed by atoms with Crippen molar-refractivity contribution in [3.8, 4) is 0 Å². The van der Waals surface area contributed by atoms with Crippen molar-refractivity contribution in [2.24, 2.45) is 17.1 Å². The summed E-state index contributed by atoms with van der Waals surface area (Å²) >= 11 is 0. The average Bonchev–Trinajstić information content (AvgIpc) is 2.38. The van der Waals surface area contributed by atoms with Crippen LogP contribution in [0, 0.1) is 11.3 Å². The van der Waals surface area contributed by atoms with E-state index < -0.39 is 17.3 Å². The molecule has 1 aliphatic rings. The fourth-order valence-electron chi connectivity index (χ4n) is 2.34. The highest BCUT2D eigenvalue weighted by Gasteiger charge is 2.36. The summed E-state index contributed by atoms with van der Waals surface area (Å²) in [7, 11) is 0. The van der Waals surface area contributed by atoms with Gasteiger partial charge in [-0.3, -0.25) is 9.59 Å². The first kappa shape index (κ1) is 15.0. The van der Waals surface area contributed by atoms with Crippen LogP contribution in [-0.4, -0.2) is 29.6 Å². The minimum Gasteiger partial charge on any atom is -0.481 e. The largest absolute Gasteiger partial charge is 0.481 e. The molecular formula is C13H24N2O3. The van der Waals surface area contributed by atoms with Gasteiger partial charge < -0.3 is 16.2 Å². The SMILES string of the molecule is CCC(C)(CN)C(=O)NC1CCCCC1C(=O)O. The molecule has 1 rings (SSSR count). The lowest BCUT2D eigenvalue weighted by molar-refractivity contribution is -0.144. The van der Waals surface area contributed by atoms with E-state index in [2.05, 4.69) is 5.32 Å². The number of nitrogens with one attached hydrogen (secondary N) is 1. The molecular weight excluding hydrogens is 232 g/mol. The highest BCUT2D eigenvalue weighted by Crippen LogP contribution is 2.27. The minimum atomic E-state index is -0.814. The number of amides is 1. The standard InChI is InChI=1S/C13H24N2O3/c1-3-13(2,8-14)12(18)15-10-7-5-4-6-9(10)11(16)17/h9-10H,3-8,14H2,1-2H3,(H,15,18)(H,16,17). The molecule has 0 bridgehead atoms. The molecule has 18 heavy (non-hydrogen) atoms. The normalized spacial score (nSPS) is 27.3. The van der Waals surface area contributed by atoms with E-state index in [4.69, 9.17) is 10.8 Å². The molecule has 3 atom stereocenters. The third kappa shape index (κ3) is 3.22. The van der Waals surface area contributed by atoms with E-state index in [0.717, 1.165) is 19.3 Å². The third-order valence-electron chi connectivity index (χ3n) is 4.18. The highest BCUT2D eigenvalue weighted by molar-refractivity contribution is 5.83. The Morgan fingerprint density at radius 1 is 1.39 bits per heavy atom. The van der Waals surface area contributed by atoms with Crippen LogP contribution in [0.4, 0.5) is 0 Å². The molecule has 0 aliphatic heterocycles. The van der Waals surface area contributed by atoms with Gasteiger partial charge in [-0.2, -0.15) is 0 Å². The van der Waals surface area contributed by atoms with Gasteiger partial charge in [0.1, 0.15) is 0 Å². The van der Waals surface area contributed by atoms with Gasteiger partial charge in [-0.05, 0) is 26.2 Å². The third-order valence-corrected chi connectivity index (χ3v) is 4.18. The molecule has 0 heterocycles. The maximum Gasteiger partial charge on any atom is 0.308 e. The van der Waals surface area contributed by atoms with E-state index in [1.54, 1.807) is 0 Å². The number of hydrogen-bond donors (Lipinski definition) is 3. The number of carboxylic acids is 1. The van der Waals surface area contributed by atoms with Crippen molar-refractivity contribution in [1.29, 1.82) is 0 Å². The lowest BCUT2D eigenvalue weighted by Gasteiger charge is -2.33. The van der Waals surface area contributed by atoms with Gasteiger partial charge in [0.05, 0.1) is 11.3 Å². The molecule has 4 N–H and O–H groups in total. The summed E-state index contributed by atoms with van der Waals surface area (Å²) in [5.41, 5.74) is 5.04. The topological polar surface area (TPSA) is 92.4 Å². The smallest absolute Gasteiger partial charge is 0.308 e. The second kappa shape index (κ2) is 6.18. The van der Waals surface area contributed by atoms with E-state index in [0.29, 0.717) is 12.8 Å². The lowest BCUT2D eigenvalue weighted by Crippen LogP contribution is -2.51. The summed E-state index contributed by atoms with van der Waals surface area (Å²) in [4.78, 5) is 23.3. The van der Waals surface area contributed by atoms with Gasteiger partial charge in [0.25, 0.3) is 0 Å². The molecule has 0 aromatic carbocycles. The van der Waals surface area contributed by atoms with Crippen LogP contribution in [0.5, 0.6) is 0 Å². The van der Waals surface area contributed by atoms with Gasteiger partial charge in [-0.15, -0.1) is 0 Å². The Labute approximate surface area is 108 Å². The van der Waals surface area contributed by atoms with Crippen molar-refractivity contribution in [3.63, 3.8) is 0 Å². The Hall–Kier alpha value is -1.10. The fraction of sp³-hybridized carbons (Fsp3) is 0.846. The van der Waals surface area contributed by atoms with Crippen molar-refractivity contribution < 1.29 is 14.7 Å². The first-order valence-corrected chi connectivity index (χ1v) is 6.68. The molecule has 0 radical (unpaired) electrons. The summed E-state index contributed by atoms with van der Waals surface area (Å²) in [6.07, 6.45) is 3.93. The van der Waals surface area contributed by atoms with Crippen molar-refractivity contribution in [3.05, 3.63) is 0 Å². The van der Waals surface area contributed by atoms with Crippen LogP contribution >= 0.6 is 0 Å². The lowest BCUT2D eigenvalue weighted by atomic mass is 9.82. The predicted molar refractivity (Wildman–Crippen MR) is 69.0 cm³/mol. The van der Waals surface area contributed by atoms with Crippen molar-refractivity contribution in [2.45, 2.75) is 52.0 Å². The van der Waals surface area contributed by atoms with E-state index in [-0.39, 0.29) is 18.5 Å². The van der Waals surface area contributed by atoms with Crippen LogP contribution in [0.15, 0.2) is 0 Å². The first-order valence-electron chi connectivity index (χ1n) is 6.68. The molecule has 0 aromatic heterocycles. The van der Waals surface area contributed by atoms with Crippen LogP contribution in [0.25, 0.3) is 0 Å². The van der Waals surface area contributed by atoms with Crippen molar-refractivity contribution in [1.82, 2.24) is 5.32 Å². The Balaban J connectivity index is 2.69. The van der Waals surface area contributed by atoms with Crippen LogP contribution in [-0.2, 0) is 9.59 Å². The van der Waals surface area contributed by atoms with Crippen LogP contribution in [0.1, 0.15) is 46.0 Å². The van der Waals surface area contributed by atoms with Gasteiger partial charge in [-0.25, -0.2) is 0 Å². The average molecular weight is 256 g/mol. The number of carbonyl (C=O) groups excluding carboxylic acids is 1. The maximum absolute atomic E-state index is 12.2. The predicted octanol–water partition coefficient (Wildman–Crippen LogP) is 1.12. The van der Waals surface area contributed by atoms with Gasteiger partial charge >= 0.3 is 5.97 Å². The van der Waals surface area contributed by atoms with Crippen LogP contribution in [0.3, 0.4) is 0 Å². The molecule has 1 fully saturated rings. The monoisotopic (exact) mass is 256 g/mol. The molecule has 1 amide bonds. The summed E-state index contributed by atoms with van der Waals surface area (Å²) < 4.78 is 0. The zero-order chi connectivity index (χ0) is 13.8. The Morgan fingerprint density at radius 2 is 2.00 bits per heavy atom. The van der Waals surface area contributed by atoms with Gasteiger partial charge in [0, 0.05) is 12.6 Å². The molecule has 0 aromatic rings. The number of nitrogens with two attached hydrogens (primary N) is 1. The fourth-order valence-corrected chi connectivity index (χ4v) is 2.34. The molecule has 3 unspecified atom stereocenters. The van der Waals surface area contributed by atoms with E-state index in [1.807, 2.05) is 13.8 Å². The van der Waals surface area contributed by atoms with Gasteiger partial charge in [0.15, 0.2) is 0 Å². The van der Waals surface area contributed by atoms with E-state index in [9.17, 15) is 9.59 Å². The quantitative estimate of drug-likeness (QED) is 0.687. The van der Waals surface area contributed by atoms with E-state index >= 15 is 0 Å². The second-order valence-corrected chi connectivity index (χ2v) is 5.43. The number of carbonyl (C=O) groups is 2. The summed E-state index contributed by atoms with van der Waals surface area (Å²) in [5, 5.41) is 12.1. The second-order valence-electron chi connectivity index (χ2n) is 5.43. The number of carboxylic acid groups (broad SMARTS) is 1. The minimum absolute atomic E-state index is 0.120. The molecule has 1 saturated carbocycles. The Bertz CT molecular complexity index is 313. The Kier molecular flexibility index (Phi) is 5.14. The zero-order valence-electron chi connectivity index (χ0n) is 11.2.